The summed E-state index contributed by atoms with van der Waals surface area (Å²) in [6.07, 6.45) is 2.59. The summed E-state index contributed by atoms with van der Waals surface area (Å²) in [7, 11) is 0. The van der Waals surface area contributed by atoms with Gasteiger partial charge in [-0.2, -0.15) is 0 Å². The van der Waals surface area contributed by atoms with Crippen LogP contribution in [0.4, 0.5) is 11.5 Å². The first-order valence-corrected chi connectivity index (χ1v) is 7.95. The number of nitrogen functional groups attached to an aromatic ring is 1. The largest absolute Gasteiger partial charge is 0.399 e. The zero-order chi connectivity index (χ0) is 16.4. The van der Waals surface area contributed by atoms with Gasteiger partial charge in [-0.3, -0.25) is 4.79 Å². The average Bonchev–Trinajstić information content (AvgIpc) is 2.98. The Balaban J connectivity index is 1.67. The molecule has 0 saturated carbocycles. The van der Waals surface area contributed by atoms with Crippen molar-refractivity contribution in [2.24, 2.45) is 0 Å². The van der Waals surface area contributed by atoms with E-state index in [1.54, 1.807) is 18.3 Å². The third-order valence-electron chi connectivity index (χ3n) is 4.07. The number of nitrogens with zero attached hydrogens (tertiary/aromatic N) is 2. The molecule has 3 rings (SSSR count). The number of aryl methyl sites for hydroxylation is 1. The number of pyridine rings is 1. The molecule has 1 amide bonds. The second-order valence-corrected chi connectivity index (χ2v) is 6.20. The van der Waals surface area contributed by atoms with E-state index in [0.717, 1.165) is 24.3 Å². The SMILES string of the molecule is Cc1ccc(N)cc1C(=O)NC1CCN(c2ncccc2Cl)C1. The van der Waals surface area contributed by atoms with Crippen LogP contribution in [0.3, 0.4) is 0 Å². The van der Waals surface area contributed by atoms with Gasteiger partial charge >= 0.3 is 0 Å². The van der Waals surface area contributed by atoms with Gasteiger partial charge in [-0.1, -0.05) is 17.7 Å². The first-order chi connectivity index (χ1) is 11.0. The number of nitrogens with one attached hydrogen (secondary N) is 1. The highest BCUT2D eigenvalue weighted by Gasteiger charge is 2.26. The molecule has 6 heteroatoms. The number of rotatable bonds is 3. The molecule has 0 bridgehead atoms. The smallest absolute Gasteiger partial charge is 0.251 e. The molecular formula is C17H19ClN4O. The zero-order valence-corrected chi connectivity index (χ0v) is 13.7. The highest BCUT2D eigenvalue weighted by molar-refractivity contribution is 6.32. The molecule has 0 radical (unpaired) electrons. The summed E-state index contributed by atoms with van der Waals surface area (Å²) in [6, 6.07) is 9.08. The standard InChI is InChI=1S/C17H19ClN4O/c1-11-4-5-12(19)9-14(11)17(23)21-13-6-8-22(10-13)16-15(18)3-2-7-20-16/h2-5,7,9,13H,6,8,10,19H2,1H3,(H,21,23). The number of aromatic nitrogens is 1. The molecule has 1 atom stereocenters. The fourth-order valence-electron chi connectivity index (χ4n) is 2.83. The van der Waals surface area contributed by atoms with Crippen LogP contribution in [0.1, 0.15) is 22.3 Å². The van der Waals surface area contributed by atoms with E-state index in [1.165, 1.54) is 0 Å². The van der Waals surface area contributed by atoms with Gasteiger partial charge in [-0.25, -0.2) is 4.98 Å². The first kappa shape index (κ1) is 15.6. The van der Waals surface area contributed by atoms with Crippen LogP contribution in [0.5, 0.6) is 0 Å². The summed E-state index contributed by atoms with van der Waals surface area (Å²) in [4.78, 5) is 18.9. The fraction of sp³-hybridized carbons (Fsp3) is 0.294. The summed E-state index contributed by atoms with van der Waals surface area (Å²) in [5.74, 6) is 0.680. The summed E-state index contributed by atoms with van der Waals surface area (Å²) in [5.41, 5.74) is 7.91. The Morgan fingerprint density at radius 3 is 3.04 bits per heavy atom. The van der Waals surface area contributed by atoms with Gasteiger partial charge in [0.25, 0.3) is 5.91 Å². The van der Waals surface area contributed by atoms with Crippen molar-refractivity contribution in [1.29, 1.82) is 0 Å². The summed E-state index contributed by atoms with van der Waals surface area (Å²) >= 11 is 6.19. The van der Waals surface area contributed by atoms with Crippen LogP contribution in [0, 0.1) is 6.92 Å². The molecule has 1 unspecified atom stereocenters. The Kier molecular flexibility index (Phi) is 4.39. The van der Waals surface area contributed by atoms with E-state index in [0.29, 0.717) is 22.8 Å². The number of amides is 1. The predicted octanol–water partition coefficient (Wildman–Crippen LogP) is 2.63. The van der Waals surface area contributed by atoms with Gasteiger partial charge in [0, 0.05) is 36.6 Å². The quantitative estimate of drug-likeness (QED) is 0.849. The molecule has 0 spiro atoms. The lowest BCUT2D eigenvalue weighted by atomic mass is 10.1. The Hall–Kier alpha value is -2.27. The second kappa shape index (κ2) is 6.46. The molecule has 5 nitrogen and oxygen atoms in total. The van der Waals surface area contributed by atoms with Gasteiger partial charge in [-0.15, -0.1) is 0 Å². The highest BCUT2D eigenvalue weighted by atomic mass is 35.5. The maximum atomic E-state index is 12.5. The van der Waals surface area contributed by atoms with Crippen LogP contribution in [0.2, 0.25) is 5.02 Å². The minimum atomic E-state index is -0.0891. The molecular weight excluding hydrogens is 312 g/mol. The van der Waals surface area contributed by atoms with Crippen molar-refractivity contribution in [1.82, 2.24) is 10.3 Å². The van der Waals surface area contributed by atoms with Gasteiger partial charge in [0.05, 0.1) is 5.02 Å². The average molecular weight is 331 g/mol. The van der Waals surface area contributed by atoms with Crippen molar-refractivity contribution >= 4 is 29.0 Å². The van der Waals surface area contributed by atoms with Crippen molar-refractivity contribution in [2.75, 3.05) is 23.7 Å². The number of nitrogens with two attached hydrogens (primary N) is 1. The van der Waals surface area contributed by atoms with Gasteiger partial charge in [0.2, 0.25) is 0 Å². The number of hydrogen-bond acceptors (Lipinski definition) is 4. The van der Waals surface area contributed by atoms with E-state index < -0.39 is 0 Å². The van der Waals surface area contributed by atoms with E-state index in [-0.39, 0.29) is 11.9 Å². The zero-order valence-electron chi connectivity index (χ0n) is 12.9. The molecule has 1 aliphatic heterocycles. The molecule has 2 aromatic rings. The Bertz CT molecular complexity index is 734. The molecule has 1 aliphatic rings. The van der Waals surface area contributed by atoms with Crippen molar-refractivity contribution < 1.29 is 4.79 Å². The van der Waals surface area contributed by atoms with Gasteiger partial charge in [-0.05, 0) is 43.2 Å². The number of carbonyl (C=O) groups is 1. The third kappa shape index (κ3) is 3.40. The maximum absolute atomic E-state index is 12.5. The van der Waals surface area contributed by atoms with Crippen LogP contribution in [0.25, 0.3) is 0 Å². The molecule has 2 heterocycles. The maximum Gasteiger partial charge on any atom is 0.251 e. The molecule has 1 saturated heterocycles. The number of halogens is 1. The molecule has 1 aromatic carbocycles. The van der Waals surface area contributed by atoms with Gasteiger partial charge in [0.15, 0.2) is 0 Å². The Morgan fingerprint density at radius 1 is 1.43 bits per heavy atom. The minimum absolute atomic E-state index is 0.0707. The van der Waals surface area contributed by atoms with E-state index in [1.807, 2.05) is 25.1 Å². The van der Waals surface area contributed by atoms with Crippen molar-refractivity contribution in [2.45, 2.75) is 19.4 Å². The molecule has 3 N–H and O–H groups in total. The van der Waals surface area contributed by atoms with Crippen LogP contribution in [-0.2, 0) is 0 Å². The van der Waals surface area contributed by atoms with Gasteiger partial charge < -0.3 is 16.0 Å². The number of hydrogen-bond donors (Lipinski definition) is 2. The normalized spacial score (nSPS) is 17.3. The van der Waals surface area contributed by atoms with E-state index in [4.69, 9.17) is 17.3 Å². The van der Waals surface area contributed by atoms with Crippen molar-refractivity contribution in [3.05, 3.63) is 52.7 Å². The lowest BCUT2D eigenvalue weighted by molar-refractivity contribution is 0.0940. The summed E-state index contributed by atoms with van der Waals surface area (Å²) in [6.45, 7) is 3.42. The predicted molar refractivity (Wildman–Crippen MR) is 92.9 cm³/mol. The fourth-order valence-corrected chi connectivity index (χ4v) is 3.07. The Morgan fingerprint density at radius 2 is 2.26 bits per heavy atom. The first-order valence-electron chi connectivity index (χ1n) is 7.57. The molecule has 1 fully saturated rings. The van der Waals surface area contributed by atoms with E-state index >= 15 is 0 Å². The Labute approximate surface area is 140 Å². The van der Waals surface area contributed by atoms with Crippen LogP contribution >= 0.6 is 11.6 Å². The van der Waals surface area contributed by atoms with Crippen LogP contribution in [0.15, 0.2) is 36.5 Å². The molecule has 0 aliphatic carbocycles. The topological polar surface area (TPSA) is 71.2 Å². The monoisotopic (exact) mass is 330 g/mol. The van der Waals surface area contributed by atoms with Crippen LogP contribution < -0.4 is 16.0 Å². The number of carbonyl (C=O) groups excluding carboxylic acids is 1. The molecule has 23 heavy (non-hydrogen) atoms. The molecule has 120 valence electrons. The van der Waals surface area contributed by atoms with E-state index in [9.17, 15) is 4.79 Å². The lowest BCUT2D eigenvalue weighted by Crippen LogP contribution is -2.37. The summed E-state index contributed by atoms with van der Waals surface area (Å²) in [5, 5.41) is 3.71. The van der Waals surface area contributed by atoms with E-state index in [2.05, 4.69) is 15.2 Å². The number of anilines is 2. The van der Waals surface area contributed by atoms with Gasteiger partial charge in [0.1, 0.15) is 5.82 Å². The summed E-state index contributed by atoms with van der Waals surface area (Å²) < 4.78 is 0. The number of benzene rings is 1. The lowest BCUT2D eigenvalue weighted by Gasteiger charge is -2.19. The van der Waals surface area contributed by atoms with Crippen molar-refractivity contribution in [3.8, 4) is 0 Å². The van der Waals surface area contributed by atoms with Crippen molar-refractivity contribution in [3.63, 3.8) is 0 Å². The second-order valence-electron chi connectivity index (χ2n) is 5.79. The molecule has 1 aromatic heterocycles. The van der Waals surface area contributed by atoms with Crippen LogP contribution in [-0.4, -0.2) is 30.0 Å². The highest BCUT2D eigenvalue weighted by Crippen LogP contribution is 2.26. The third-order valence-corrected chi connectivity index (χ3v) is 4.36. The minimum Gasteiger partial charge on any atom is -0.399 e.